The van der Waals surface area contributed by atoms with Gasteiger partial charge in [-0.2, -0.15) is 0 Å². The van der Waals surface area contributed by atoms with E-state index in [1.807, 2.05) is 0 Å². The second-order valence-electron chi connectivity index (χ2n) is 6.63. The van der Waals surface area contributed by atoms with Crippen molar-refractivity contribution in [3.63, 3.8) is 0 Å². The standard InChI is InChI=1S/C21H18BrFN4O3/c1-2-20(28)26-18-8-14-17(9-19(18)30-13-5-6-29-10-13)24-11-25-21(14)27-16-4-3-12(22)7-15(16)23/h2-4,7-9,11,13H,1,5-6,10H2,(H,26,28)(H,24,25,27)/t13-/m0/s1. The number of halogens is 2. The van der Waals surface area contributed by atoms with Crippen LogP contribution in [0.4, 0.5) is 21.6 Å². The minimum absolute atomic E-state index is 0.113. The van der Waals surface area contributed by atoms with Gasteiger partial charge in [0.15, 0.2) is 0 Å². The van der Waals surface area contributed by atoms with Crippen LogP contribution in [0.3, 0.4) is 0 Å². The summed E-state index contributed by atoms with van der Waals surface area (Å²) in [6, 6.07) is 8.10. The molecule has 1 aliphatic rings. The van der Waals surface area contributed by atoms with Crippen molar-refractivity contribution in [2.24, 2.45) is 0 Å². The molecule has 0 bridgehead atoms. The SMILES string of the molecule is C=CC(=O)Nc1cc2c(Nc3ccc(Br)cc3F)ncnc2cc1O[C@H]1CCOC1. The molecule has 1 saturated heterocycles. The fraction of sp³-hybridized carbons (Fsp3) is 0.190. The number of carbonyl (C=O) groups excluding carboxylic acids is 1. The number of anilines is 3. The highest BCUT2D eigenvalue weighted by Crippen LogP contribution is 2.35. The number of nitrogens with zero attached hydrogens (tertiary/aromatic N) is 2. The Morgan fingerprint density at radius 2 is 2.17 bits per heavy atom. The molecule has 0 unspecified atom stereocenters. The van der Waals surface area contributed by atoms with E-state index in [2.05, 4.69) is 43.1 Å². The summed E-state index contributed by atoms with van der Waals surface area (Å²) in [7, 11) is 0. The predicted molar refractivity (Wildman–Crippen MR) is 116 cm³/mol. The summed E-state index contributed by atoms with van der Waals surface area (Å²) in [5, 5.41) is 6.33. The molecule has 0 aliphatic carbocycles. The first-order valence-electron chi connectivity index (χ1n) is 9.22. The summed E-state index contributed by atoms with van der Waals surface area (Å²) >= 11 is 3.24. The summed E-state index contributed by atoms with van der Waals surface area (Å²) in [6.45, 7) is 4.59. The number of hydrogen-bond acceptors (Lipinski definition) is 6. The molecular formula is C21H18BrFN4O3. The Hall–Kier alpha value is -3.04. The third-order valence-electron chi connectivity index (χ3n) is 4.55. The molecule has 0 spiro atoms. The van der Waals surface area contributed by atoms with Gasteiger partial charge in [0.2, 0.25) is 5.91 Å². The van der Waals surface area contributed by atoms with Crippen molar-refractivity contribution in [2.45, 2.75) is 12.5 Å². The van der Waals surface area contributed by atoms with E-state index in [1.54, 1.807) is 24.3 Å². The van der Waals surface area contributed by atoms with Gasteiger partial charge in [0, 0.05) is 22.3 Å². The lowest BCUT2D eigenvalue weighted by Gasteiger charge is -2.17. The zero-order valence-corrected chi connectivity index (χ0v) is 17.4. The fourth-order valence-corrected chi connectivity index (χ4v) is 3.40. The Balaban J connectivity index is 1.75. The Bertz CT molecular complexity index is 1120. The molecule has 1 aromatic heterocycles. The van der Waals surface area contributed by atoms with Gasteiger partial charge in [-0.05, 0) is 30.3 Å². The lowest BCUT2D eigenvalue weighted by Crippen LogP contribution is -2.18. The number of carbonyl (C=O) groups is 1. The van der Waals surface area contributed by atoms with E-state index in [0.717, 1.165) is 6.42 Å². The van der Waals surface area contributed by atoms with Crippen LogP contribution in [0.15, 0.2) is 53.8 Å². The third kappa shape index (κ3) is 4.42. The summed E-state index contributed by atoms with van der Waals surface area (Å²) in [5.74, 6) is 0.0449. The number of hydrogen-bond donors (Lipinski definition) is 2. The first kappa shape index (κ1) is 20.2. The summed E-state index contributed by atoms with van der Waals surface area (Å²) in [4.78, 5) is 20.5. The van der Waals surface area contributed by atoms with Crippen molar-refractivity contribution >= 4 is 49.9 Å². The molecule has 0 radical (unpaired) electrons. The molecule has 154 valence electrons. The Kier molecular flexibility index (Phi) is 5.91. The van der Waals surface area contributed by atoms with Crippen LogP contribution in [-0.2, 0) is 9.53 Å². The normalized spacial score (nSPS) is 15.7. The lowest BCUT2D eigenvalue weighted by atomic mass is 10.1. The quantitative estimate of drug-likeness (QED) is 0.511. The van der Waals surface area contributed by atoms with Gasteiger partial charge in [-0.15, -0.1) is 0 Å². The van der Waals surface area contributed by atoms with Crippen molar-refractivity contribution in [1.29, 1.82) is 0 Å². The maximum Gasteiger partial charge on any atom is 0.247 e. The number of ether oxygens (including phenoxy) is 2. The maximum absolute atomic E-state index is 14.3. The molecule has 2 heterocycles. The fourth-order valence-electron chi connectivity index (χ4n) is 3.07. The van der Waals surface area contributed by atoms with Gasteiger partial charge in [0.25, 0.3) is 0 Å². The molecule has 7 nitrogen and oxygen atoms in total. The highest BCUT2D eigenvalue weighted by atomic mass is 79.9. The largest absolute Gasteiger partial charge is 0.486 e. The van der Waals surface area contributed by atoms with Crippen molar-refractivity contribution in [1.82, 2.24) is 9.97 Å². The summed E-state index contributed by atoms with van der Waals surface area (Å²) in [5.41, 5.74) is 1.28. The van der Waals surface area contributed by atoms with E-state index in [9.17, 15) is 9.18 Å². The van der Waals surface area contributed by atoms with Gasteiger partial charge in [-0.3, -0.25) is 4.79 Å². The van der Waals surface area contributed by atoms with Crippen molar-refractivity contribution in [3.05, 3.63) is 59.6 Å². The second kappa shape index (κ2) is 8.76. The van der Waals surface area contributed by atoms with Gasteiger partial charge >= 0.3 is 0 Å². The zero-order valence-electron chi connectivity index (χ0n) is 15.8. The van der Waals surface area contributed by atoms with Gasteiger partial charge in [0.1, 0.15) is 29.8 Å². The molecule has 1 atom stereocenters. The van der Waals surface area contributed by atoms with Gasteiger partial charge in [-0.1, -0.05) is 22.5 Å². The molecule has 2 N–H and O–H groups in total. The Labute approximate surface area is 180 Å². The van der Waals surface area contributed by atoms with Crippen molar-refractivity contribution in [3.8, 4) is 5.75 Å². The smallest absolute Gasteiger partial charge is 0.247 e. The number of benzene rings is 2. The van der Waals surface area contributed by atoms with Crippen molar-refractivity contribution in [2.75, 3.05) is 23.8 Å². The minimum atomic E-state index is -0.433. The van der Waals surface area contributed by atoms with Crippen molar-refractivity contribution < 1.29 is 18.7 Å². The van der Waals surface area contributed by atoms with E-state index < -0.39 is 5.82 Å². The topological polar surface area (TPSA) is 85.4 Å². The van der Waals surface area contributed by atoms with E-state index in [4.69, 9.17) is 9.47 Å². The van der Waals surface area contributed by atoms with Crippen LogP contribution in [0.5, 0.6) is 5.75 Å². The third-order valence-corrected chi connectivity index (χ3v) is 5.04. The monoisotopic (exact) mass is 472 g/mol. The van der Waals surface area contributed by atoms with Crippen LogP contribution in [0.25, 0.3) is 10.9 Å². The Morgan fingerprint density at radius 3 is 2.90 bits per heavy atom. The molecule has 9 heteroatoms. The van der Waals surface area contributed by atoms with E-state index >= 15 is 0 Å². The van der Waals surface area contributed by atoms with Gasteiger partial charge < -0.3 is 20.1 Å². The number of rotatable bonds is 6. The number of amides is 1. The van der Waals surface area contributed by atoms with Crippen LogP contribution < -0.4 is 15.4 Å². The summed E-state index contributed by atoms with van der Waals surface area (Å²) in [6.07, 6.45) is 3.20. The number of fused-ring (bicyclic) bond motifs is 1. The molecule has 1 aliphatic heterocycles. The van der Waals surface area contributed by atoms with Gasteiger partial charge in [-0.25, -0.2) is 14.4 Å². The maximum atomic E-state index is 14.3. The molecule has 0 saturated carbocycles. The number of nitrogens with one attached hydrogen (secondary N) is 2. The molecule has 1 amide bonds. The molecule has 2 aromatic carbocycles. The average Bonchev–Trinajstić information content (AvgIpc) is 3.24. The molecule has 30 heavy (non-hydrogen) atoms. The van der Waals surface area contributed by atoms with Crippen LogP contribution >= 0.6 is 15.9 Å². The van der Waals surface area contributed by atoms with Crippen LogP contribution in [0.2, 0.25) is 0 Å². The highest BCUT2D eigenvalue weighted by Gasteiger charge is 2.20. The second-order valence-corrected chi connectivity index (χ2v) is 7.55. The summed E-state index contributed by atoms with van der Waals surface area (Å²) < 4.78 is 26.3. The molecule has 3 aromatic rings. The predicted octanol–water partition coefficient (Wildman–Crippen LogP) is 4.57. The first-order valence-corrected chi connectivity index (χ1v) is 10.0. The van der Waals surface area contributed by atoms with Crippen LogP contribution in [-0.4, -0.2) is 35.2 Å². The van der Waals surface area contributed by atoms with E-state index in [1.165, 1.54) is 18.5 Å². The lowest BCUT2D eigenvalue weighted by molar-refractivity contribution is -0.111. The zero-order chi connectivity index (χ0) is 21.1. The molecule has 1 fully saturated rings. The van der Waals surface area contributed by atoms with Gasteiger partial charge in [0.05, 0.1) is 30.1 Å². The Morgan fingerprint density at radius 1 is 1.30 bits per heavy atom. The first-order chi connectivity index (χ1) is 14.5. The molecular weight excluding hydrogens is 455 g/mol. The number of aromatic nitrogens is 2. The highest BCUT2D eigenvalue weighted by molar-refractivity contribution is 9.10. The van der Waals surface area contributed by atoms with Crippen LogP contribution in [0, 0.1) is 5.82 Å². The average molecular weight is 473 g/mol. The minimum Gasteiger partial charge on any atom is -0.486 e. The molecule has 4 rings (SSSR count). The van der Waals surface area contributed by atoms with E-state index in [-0.39, 0.29) is 17.7 Å². The van der Waals surface area contributed by atoms with E-state index in [0.29, 0.717) is 45.8 Å². The van der Waals surface area contributed by atoms with Crippen LogP contribution in [0.1, 0.15) is 6.42 Å².